The number of nitrogens with zero attached hydrogens (tertiary/aromatic N) is 4. The third kappa shape index (κ3) is 1.04. The average molecular weight is 264 g/mol. The first-order valence-corrected chi connectivity index (χ1v) is 6.54. The number of aromatic nitrogens is 4. The Labute approximate surface area is 119 Å². The van der Waals surface area contributed by atoms with Crippen molar-refractivity contribution in [3.05, 3.63) is 54.5 Å². The van der Waals surface area contributed by atoms with Crippen molar-refractivity contribution in [2.24, 2.45) is 6.98 Å². The van der Waals surface area contributed by atoms with Crippen LogP contribution in [0.25, 0.3) is 28.1 Å². The number of hydrogen-bond donors (Lipinski definition) is 0. The van der Waals surface area contributed by atoms with E-state index in [-0.39, 0.29) is 0 Å². The largest absolute Gasteiger partial charge is 0.289 e. The normalized spacial score (nSPS) is 15.9. The van der Waals surface area contributed by atoms with E-state index < -0.39 is 6.98 Å². The quantitative estimate of drug-likeness (QED) is 0.394. The molecule has 0 spiro atoms. The van der Waals surface area contributed by atoms with Crippen LogP contribution in [0.1, 0.15) is 9.68 Å². The highest BCUT2D eigenvalue weighted by Gasteiger charge is 2.32. The summed E-state index contributed by atoms with van der Waals surface area (Å²) in [5.41, 5.74) is 5.19. The van der Waals surface area contributed by atoms with Gasteiger partial charge in [0.2, 0.25) is 5.69 Å². The Kier molecular flexibility index (Phi) is 1.29. The first-order chi connectivity index (χ1) is 11.1. The van der Waals surface area contributed by atoms with Crippen LogP contribution in [0.3, 0.4) is 0 Å². The lowest BCUT2D eigenvalue weighted by molar-refractivity contribution is -0.671. The Hall–Kier alpha value is -2.62. The molecule has 0 saturated heterocycles. The molecule has 3 aromatic heterocycles. The molecule has 1 aliphatic rings. The molecule has 0 fully saturated rings. The molecule has 4 heteroatoms. The highest BCUT2D eigenvalue weighted by atomic mass is 15.2. The van der Waals surface area contributed by atoms with Crippen LogP contribution in [0.4, 0.5) is 0 Å². The highest BCUT2D eigenvalue weighted by molar-refractivity contribution is 5.85. The van der Waals surface area contributed by atoms with Crippen molar-refractivity contribution in [1.82, 2.24) is 14.0 Å². The minimum Gasteiger partial charge on any atom is -0.289 e. The molecule has 4 heterocycles. The maximum Gasteiger partial charge on any atom is 0.256 e. The van der Waals surface area contributed by atoms with Crippen molar-refractivity contribution < 1.29 is 8.68 Å². The summed E-state index contributed by atoms with van der Waals surface area (Å²) < 4.78 is 29.3. The molecule has 0 atom stereocenters. The standard InChI is InChI=1S/C16H13N4/c1-18-15-13(7-4-8-17-15)20-10-19-9-11-5-2-3-6-12(11)14(19)16(18)20/h2-8,10H,9H2,1H3/q+1/i1D3. The summed E-state index contributed by atoms with van der Waals surface area (Å²) in [7, 11) is 0. The molecular weight excluding hydrogens is 248 g/mol. The first-order valence-electron chi connectivity index (χ1n) is 8.04. The van der Waals surface area contributed by atoms with E-state index in [9.17, 15) is 0 Å². The average Bonchev–Trinajstić information content (AvgIpc) is 3.12. The van der Waals surface area contributed by atoms with Crippen LogP contribution in [-0.4, -0.2) is 14.0 Å². The number of aryl methyl sites for hydroxylation is 1. The SMILES string of the molecule is [2H]C([2H])([2H])n1c2ncccc2n2c[n+]3c(c12)-c1ccccc1C3. The Bertz CT molecular complexity index is 1090. The minimum atomic E-state index is -2.29. The fourth-order valence-electron chi connectivity index (χ4n) is 3.20. The second kappa shape index (κ2) is 3.28. The third-order valence-corrected chi connectivity index (χ3v) is 4.04. The van der Waals surface area contributed by atoms with Gasteiger partial charge in [-0.15, -0.1) is 0 Å². The van der Waals surface area contributed by atoms with E-state index in [0.29, 0.717) is 11.3 Å². The van der Waals surface area contributed by atoms with E-state index in [1.165, 1.54) is 10.1 Å². The number of imidazole rings is 2. The van der Waals surface area contributed by atoms with Gasteiger partial charge >= 0.3 is 0 Å². The van der Waals surface area contributed by atoms with Gasteiger partial charge in [0.1, 0.15) is 6.54 Å². The predicted octanol–water partition coefficient (Wildman–Crippen LogP) is 2.14. The van der Waals surface area contributed by atoms with Gasteiger partial charge in [0.15, 0.2) is 11.2 Å². The Morgan fingerprint density at radius 2 is 2.20 bits per heavy atom. The molecule has 0 unspecified atom stereocenters. The summed E-state index contributed by atoms with van der Waals surface area (Å²) in [4.78, 5) is 4.31. The van der Waals surface area contributed by atoms with Crippen LogP contribution in [0, 0.1) is 0 Å². The maximum absolute atomic E-state index is 7.97. The summed E-state index contributed by atoms with van der Waals surface area (Å²) in [6.45, 7) is -1.53. The zero-order chi connectivity index (χ0) is 15.8. The van der Waals surface area contributed by atoms with Crippen LogP contribution in [0.15, 0.2) is 48.9 Å². The van der Waals surface area contributed by atoms with Crippen LogP contribution >= 0.6 is 0 Å². The second-order valence-electron chi connectivity index (χ2n) is 5.12. The first kappa shape index (κ1) is 7.85. The molecule has 4 aromatic rings. The molecule has 0 radical (unpaired) electrons. The van der Waals surface area contributed by atoms with Crippen molar-refractivity contribution in [1.29, 1.82) is 0 Å². The molecule has 0 amide bonds. The van der Waals surface area contributed by atoms with Gasteiger partial charge in [-0.2, -0.15) is 4.40 Å². The molecule has 0 N–H and O–H groups in total. The predicted molar refractivity (Wildman–Crippen MR) is 76.4 cm³/mol. The molecule has 1 aromatic carbocycles. The van der Waals surface area contributed by atoms with Gasteiger partial charge in [-0.05, 0) is 12.1 Å². The highest BCUT2D eigenvalue weighted by Crippen LogP contribution is 2.32. The molecule has 5 rings (SSSR count). The van der Waals surface area contributed by atoms with Gasteiger partial charge in [0, 0.05) is 28.4 Å². The Morgan fingerprint density at radius 3 is 3.15 bits per heavy atom. The van der Waals surface area contributed by atoms with Gasteiger partial charge in [-0.1, -0.05) is 24.3 Å². The Morgan fingerprint density at radius 1 is 1.25 bits per heavy atom. The van der Waals surface area contributed by atoms with E-state index in [0.717, 1.165) is 23.3 Å². The van der Waals surface area contributed by atoms with Gasteiger partial charge in [-0.3, -0.25) is 4.57 Å². The maximum atomic E-state index is 7.97. The van der Waals surface area contributed by atoms with Crippen molar-refractivity contribution in [3.63, 3.8) is 0 Å². The van der Waals surface area contributed by atoms with E-state index >= 15 is 0 Å². The van der Waals surface area contributed by atoms with Gasteiger partial charge < -0.3 is 0 Å². The zero-order valence-corrected chi connectivity index (χ0v) is 10.6. The molecule has 0 bridgehead atoms. The smallest absolute Gasteiger partial charge is 0.256 e. The summed E-state index contributed by atoms with van der Waals surface area (Å²) in [6.07, 6.45) is 3.60. The van der Waals surface area contributed by atoms with Crippen LogP contribution < -0.4 is 4.57 Å². The van der Waals surface area contributed by atoms with Crippen molar-refractivity contribution in [2.75, 3.05) is 0 Å². The second-order valence-corrected chi connectivity index (χ2v) is 5.12. The lowest BCUT2D eigenvalue weighted by atomic mass is 10.1. The summed E-state index contributed by atoms with van der Waals surface area (Å²) in [5.74, 6) is 0. The fourth-order valence-corrected chi connectivity index (χ4v) is 3.20. The molecule has 20 heavy (non-hydrogen) atoms. The van der Waals surface area contributed by atoms with E-state index in [1.807, 2.05) is 41.1 Å². The number of hydrogen-bond acceptors (Lipinski definition) is 1. The van der Waals surface area contributed by atoms with Crippen molar-refractivity contribution in [3.8, 4) is 11.3 Å². The molecule has 0 aliphatic carbocycles. The number of benzene rings is 1. The van der Waals surface area contributed by atoms with Crippen molar-refractivity contribution in [2.45, 2.75) is 6.54 Å². The van der Waals surface area contributed by atoms with Crippen LogP contribution in [0.2, 0.25) is 0 Å². The number of rotatable bonds is 0. The van der Waals surface area contributed by atoms with E-state index in [2.05, 4.69) is 15.6 Å². The lowest BCUT2D eigenvalue weighted by Crippen LogP contribution is -2.29. The molecule has 4 nitrogen and oxygen atoms in total. The molecule has 96 valence electrons. The van der Waals surface area contributed by atoms with Crippen LogP contribution in [0.5, 0.6) is 0 Å². The van der Waals surface area contributed by atoms with E-state index in [1.54, 1.807) is 6.20 Å². The van der Waals surface area contributed by atoms with Gasteiger partial charge in [0.25, 0.3) is 12.0 Å². The molecule has 1 aliphatic heterocycles. The van der Waals surface area contributed by atoms with E-state index in [4.69, 9.17) is 4.11 Å². The minimum absolute atomic E-state index is 0.482. The van der Waals surface area contributed by atoms with Crippen LogP contribution in [-0.2, 0) is 13.5 Å². The van der Waals surface area contributed by atoms with Gasteiger partial charge in [0.05, 0.1) is 0 Å². The summed E-state index contributed by atoms with van der Waals surface area (Å²) in [6, 6.07) is 11.9. The zero-order valence-electron chi connectivity index (χ0n) is 13.6. The van der Waals surface area contributed by atoms with Crippen molar-refractivity contribution >= 4 is 16.8 Å². The number of fused-ring (bicyclic) bond motifs is 7. The summed E-state index contributed by atoms with van der Waals surface area (Å²) in [5, 5.41) is 0. The monoisotopic (exact) mass is 264 g/mol. The fraction of sp³-hybridized carbons (Fsp3) is 0.125. The molecular formula is C16H13N4+. The number of pyridine rings is 1. The lowest BCUT2D eigenvalue weighted by Gasteiger charge is -1.95. The topological polar surface area (TPSA) is 26.1 Å². The van der Waals surface area contributed by atoms with Gasteiger partial charge in [-0.25, -0.2) is 9.55 Å². The summed E-state index contributed by atoms with van der Waals surface area (Å²) >= 11 is 0. The third-order valence-electron chi connectivity index (χ3n) is 4.04. The Balaban J connectivity index is 2.02. The molecule has 0 saturated carbocycles.